The van der Waals surface area contributed by atoms with Crippen LogP contribution in [0.25, 0.3) is 11.1 Å². The van der Waals surface area contributed by atoms with Crippen LogP contribution in [0.5, 0.6) is 0 Å². The first-order valence-electron chi connectivity index (χ1n) is 11.5. The summed E-state index contributed by atoms with van der Waals surface area (Å²) in [4.78, 5) is 52.9. The lowest BCUT2D eigenvalue weighted by Crippen LogP contribution is -2.19. The second kappa shape index (κ2) is 11.0. The fourth-order valence-corrected chi connectivity index (χ4v) is 3.84. The van der Waals surface area contributed by atoms with E-state index in [2.05, 4.69) is 5.16 Å². The predicted molar refractivity (Wildman–Crippen MR) is 129 cm³/mol. The van der Waals surface area contributed by atoms with E-state index in [1.54, 1.807) is 38.1 Å². The van der Waals surface area contributed by atoms with Crippen molar-refractivity contribution in [1.82, 2.24) is 0 Å². The van der Waals surface area contributed by atoms with Gasteiger partial charge in [0.05, 0.1) is 23.9 Å². The lowest BCUT2D eigenvalue weighted by atomic mass is 9.98. The van der Waals surface area contributed by atoms with Crippen LogP contribution in [-0.4, -0.2) is 34.5 Å². The number of non-ortho nitro benzene ring substituents is 1. The monoisotopic (exact) mass is 480 g/mol. The van der Waals surface area contributed by atoms with Gasteiger partial charge in [0.15, 0.2) is 0 Å². The molecule has 9 nitrogen and oxygen atoms in total. The number of benzene rings is 2. The third-order valence-electron chi connectivity index (χ3n) is 5.37. The summed E-state index contributed by atoms with van der Waals surface area (Å²) in [6, 6.07) is 9.84. The molecule has 1 aliphatic rings. The van der Waals surface area contributed by atoms with Gasteiger partial charge in [-0.1, -0.05) is 31.1 Å². The Morgan fingerprint density at radius 1 is 0.971 bits per heavy atom. The summed E-state index contributed by atoms with van der Waals surface area (Å²) in [5, 5.41) is 14.9. The average Bonchev–Trinajstić information content (AvgIpc) is 3.14. The molecule has 9 heteroatoms. The Hall–Kier alpha value is -3.88. The standard InChI is InChI=1S/C26H28N2O7/c1-15(2)11-25(30)35-27-23(9-10-24(29)34-16(3)4)26(31)17-5-7-21-18(12-17)13-19-14-20(28(32)33)6-8-22(19)21/h5-8,12,14-16H,9-11,13H2,1-4H3/b27-23+. The van der Waals surface area contributed by atoms with E-state index in [1.807, 2.05) is 13.8 Å². The molecule has 0 unspecified atom stereocenters. The van der Waals surface area contributed by atoms with Gasteiger partial charge in [-0.2, -0.15) is 0 Å². The van der Waals surface area contributed by atoms with Crippen LogP contribution in [0.4, 0.5) is 5.69 Å². The number of Topliss-reactive ketones (excluding diaryl/α,β-unsaturated/α-hetero) is 1. The molecule has 1 aliphatic carbocycles. The van der Waals surface area contributed by atoms with Crippen LogP contribution in [-0.2, 0) is 25.6 Å². The summed E-state index contributed by atoms with van der Waals surface area (Å²) in [7, 11) is 0. The molecule has 0 amide bonds. The van der Waals surface area contributed by atoms with Crippen molar-refractivity contribution in [2.24, 2.45) is 11.1 Å². The predicted octanol–water partition coefficient (Wildman–Crippen LogP) is 5.03. The van der Waals surface area contributed by atoms with E-state index in [9.17, 15) is 24.5 Å². The molecule has 0 atom stereocenters. The first-order valence-corrected chi connectivity index (χ1v) is 11.5. The molecule has 2 aromatic rings. The van der Waals surface area contributed by atoms with Gasteiger partial charge >= 0.3 is 11.9 Å². The van der Waals surface area contributed by atoms with Crippen LogP contribution in [0, 0.1) is 16.0 Å². The van der Waals surface area contributed by atoms with E-state index >= 15 is 0 Å². The summed E-state index contributed by atoms with van der Waals surface area (Å²) in [5.41, 5.74) is 3.72. The molecule has 0 fully saturated rings. The normalized spacial score (nSPS) is 12.3. The second-order valence-corrected chi connectivity index (χ2v) is 9.11. The van der Waals surface area contributed by atoms with E-state index in [0.717, 1.165) is 22.3 Å². The molecule has 0 radical (unpaired) electrons. The second-order valence-electron chi connectivity index (χ2n) is 9.11. The number of oxime groups is 1. The molecule has 35 heavy (non-hydrogen) atoms. The number of nitrogens with zero attached hydrogens (tertiary/aromatic N) is 2. The van der Waals surface area contributed by atoms with Gasteiger partial charge in [0.2, 0.25) is 5.78 Å². The van der Waals surface area contributed by atoms with Gasteiger partial charge < -0.3 is 9.57 Å². The minimum atomic E-state index is -0.568. The van der Waals surface area contributed by atoms with Gasteiger partial charge in [-0.25, -0.2) is 4.79 Å². The molecule has 0 bridgehead atoms. The number of hydrogen-bond acceptors (Lipinski definition) is 8. The number of rotatable bonds is 10. The zero-order valence-electron chi connectivity index (χ0n) is 20.2. The van der Waals surface area contributed by atoms with Crippen LogP contribution in [0.1, 0.15) is 68.4 Å². The van der Waals surface area contributed by atoms with Gasteiger partial charge in [0.25, 0.3) is 5.69 Å². The third-order valence-corrected chi connectivity index (χ3v) is 5.37. The number of ketones is 1. The summed E-state index contributed by atoms with van der Waals surface area (Å²) < 4.78 is 5.13. The SMILES string of the molecule is CC(C)CC(=O)O/N=C(\CCC(=O)OC(C)C)C(=O)c1ccc2c(c1)Cc1cc([N+](=O)[O-])ccc1-2. The maximum atomic E-state index is 13.3. The maximum Gasteiger partial charge on any atom is 0.335 e. The molecule has 0 aliphatic heterocycles. The Morgan fingerprint density at radius 2 is 1.63 bits per heavy atom. The number of fused-ring (bicyclic) bond motifs is 3. The van der Waals surface area contributed by atoms with Gasteiger partial charge in [-0.05, 0) is 60.6 Å². The topological polar surface area (TPSA) is 125 Å². The molecule has 0 N–H and O–H groups in total. The van der Waals surface area contributed by atoms with E-state index < -0.39 is 22.6 Å². The molecule has 0 heterocycles. The van der Waals surface area contributed by atoms with Crippen molar-refractivity contribution in [2.45, 2.75) is 59.5 Å². The minimum absolute atomic E-state index is 0.0128. The largest absolute Gasteiger partial charge is 0.463 e. The Bertz CT molecular complexity index is 1200. The van der Waals surface area contributed by atoms with Crippen LogP contribution in [0.15, 0.2) is 41.6 Å². The fourth-order valence-electron chi connectivity index (χ4n) is 3.84. The zero-order valence-corrected chi connectivity index (χ0v) is 20.2. The number of ether oxygens (including phenoxy) is 1. The van der Waals surface area contributed by atoms with E-state index in [-0.39, 0.29) is 42.7 Å². The highest BCUT2D eigenvalue weighted by atomic mass is 16.7. The van der Waals surface area contributed by atoms with E-state index in [0.29, 0.717) is 12.0 Å². The summed E-state index contributed by atoms with van der Waals surface area (Å²) in [5.74, 6) is -1.46. The van der Waals surface area contributed by atoms with Crippen molar-refractivity contribution in [1.29, 1.82) is 0 Å². The average molecular weight is 481 g/mol. The lowest BCUT2D eigenvalue weighted by Gasteiger charge is -2.10. The van der Waals surface area contributed by atoms with Crippen molar-refractivity contribution in [3.8, 4) is 11.1 Å². The highest BCUT2D eigenvalue weighted by molar-refractivity contribution is 6.46. The Morgan fingerprint density at radius 3 is 2.26 bits per heavy atom. The molecule has 184 valence electrons. The molecule has 0 saturated carbocycles. The number of hydrogen-bond donors (Lipinski definition) is 0. The van der Waals surface area contributed by atoms with Gasteiger partial charge in [0.1, 0.15) is 5.71 Å². The minimum Gasteiger partial charge on any atom is -0.463 e. The highest BCUT2D eigenvalue weighted by Crippen LogP contribution is 2.38. The number of esters is 1. The number of nitro groups is 1. The van der Waals surface area contributed by atoms with Crippen LogP contribution in [0.2, 0.25) is 0 Å². The van der Waals surface area contributed by atoms with Gasteiger partial charge in [0, 0.05) is 24.1 Å². The van der Waals surface area contributed by atoms with E-state index in [1.165, 1.54) is 12.1 Å². The number of carbonyl (C=O) groups excluding carboxylic acids is 3. The molecule has 2 aromatic carbocycles. The molecular formula is C26H28N2O7. The van der Waals surface area contributed by atoms with Crippen LogP contribution in [0.3, 0.4) is 0 Å². The molecular weight excluding hydrogens is 452 g/mol. The first kappa shape index (κ1) is 25.7. The molecule has 0 spiro atoms. The zero-order chi connectivity index (χ0) is 25.7. The molecule has 0 aromatic heterocycles. The van der Waals surface area contributed by atoms with Crippen LogP contribution >= 0.6 is 0 Å². The Balaban J connectivity index is 1.83. The first-order chi connectivity index (χ1) is 16.5. The van der Waals surface area contributed by atoms with Crippen molar-refractivity contribution in [3.63, 3.8) is 0 Å². The number of nitro benzene ring substituents is 1. The van der Waals surface area contributed by atoms with Gasteiger partial charge in [-0.3, -0.25) is 19.7 Å². The summed E-state index contributed by atoms with van der Waals surface area (Å²) in [6.45, 7) is 7.16. The lowest BCUT2D eigenvalue weighted by molar-refractivity contribution is -0.384. The Kier molecular flexibility index (Phi) is 8.11. The van der Waals surface area contributed by atoms with Crippen molar-refractivity contribution < 1.29 is 28.9 Å². The summed E-state index contributed by atoms with van der Waals surface area (Å²) >= 11 is 0. The number of carbonyl (C=O) groups is 3. The van der Waals surface area contributed by atoms with Crippen molar-refractivity contribution in [2.75, 3.05) is 0 Å². The maximum absolute atomic E-state index is 13.3. The molecule has 3 rings (SSSR count). The van der Waals surface area contributed by atoms with Crippen molar-refractivity contribution >= 4 is 29.1 Å². The fraction of sp³-hybridized carbons (Fsp3) is 0.385. The van der Waals surface area contributed by atoms with Crippen molar-refractivity contribution in [3.05, 3.63) is 63.2 Å². The third kappa shape index (κ3) is 6.59. The molecule has 0 saturated heterocycles. The smallest absolute Gasteiger partial charge is 0.335 e. The van der Waals surface area contributed by atoms with Gasteiger partial charge in [-0.15, -0.1) is 0 Å². The van der Waals surface area contributed by atoms with E-state index in [4.69, 9.17) is 9.57 Å². The van der Waals surface area contributed by atoms with Crippen LogP contribution < -0.4 is 0 Å². The summed E-state index contributed by atoms with van der Waals surface area (Å²) in [6.07, 6.45) is 0.151. The quantitative estimate of drug-likeness (QED) is 0.0995. The highest BCUT2D eigenvalue weighted by Gasteiger charge is 2.24. The Labute approximate surface area is 203 Å².